The normalized spacial score (nSPS) is 10.9. The number of carbonyl (C=O) groups excluding carboxylic acids is 1. The van der Waals surface area contributed by atoms with E-state index in [-0.39, 0.29) is 10.7 Å². The zero-order valence-electron chi connectivity index (χ0n) is 11.4. The molecule has 0 atom stereocenters. The first kappa shape index (κ1) is 14.9. The molecule has 0 saturated heterocycles. The Kier molecular flexibility index (Phi) is 3.85. The molecule has 3 rings (SSSR count). The minimum atomic E-state index is -0.457. The van der Waals surface area contributed by atoms with Crippen LogP contribution in [0.3, 0.4) is 0 Å². The lowest BCUT2D eigenvalue weighted by Crippen LogP contribution is -2.12. The molecule has 0 aliphatic carbocycles. The van der Waals surface area contributed by atoms with Gasteiger partial charge < -0.3 is 5.32 Å². The average molecular weight is 338 g/mol. The predicted molar refractivity (Wildman–Crippen MR) is 85.9 cm³/mol. The van der Waals surface area contributed by atoms with Gasteiger partial charge in [-0.05, 0) is 42.8 Å². The lowest BCUT2D eigenvalue weighted by Gasteiger charge is -2.08. The minimum absolute atomic E-state index is 0.186. The summed E-state index contributed by atoms with van der Waals surface area (Å²) in [7, 11) is 0. The number of nitrogens with one attached hydrogen (secondary N) is 1. The van der Waals surface area contributed by atoms with Crippen molar-refractivity contribution in [3.8, 4) is 0 Å². The Morgan fingerprint density at radius 2 is 2.00 bits per heavy atom. The van der Waals surface area contributed by atoms with Crippen molar-refractivity contribution in [1.29, 1.82) is 0 Å². The topological polar surface area (TPSA) is 29.1 Å². The van der Waals surface area contributed by atoms with Gasteiger partial charge in [0.25, 0.3) is 5.91 Å². The molecule has 2 aromatic carbocycles. The molecular formula is C16H10ClF2NOS. The maximum absolute atomic E-state index is 13.6. The average Bonchev–Trinajstić information content (AvgIpc) is 2.87. The van der Waals surface area contributed by atoms with Crippen molar-refractivity contribution in [2.24, 2.45) is 0 Å². The number of halogens is 3. The van der Waals surface area contributed by atoms with Gasteiger partial charge in [-0.25, -0.2) is 8.78 Å². The maximum atomic E-state index is 13.6. The first-order valence-electron chi connectivity index (χ1n) is 6.39. The van der Waals surface area contributed by atoms with Gasteiger partial charge in [-0.3, -0.25) is 4.79 Å². The second kappa shape index (κ2) is 5.66. The van der Waals surface area contributed by atoms with E-state index in [2.05, 4.69) is 5.32 Å². The molecule has 1 amide bonds. The summed E-state index contributed by atoms with van der Waals surface area (Å²) < 4.78 is 27.7. The van der Waals surface area contributed by atoms with Crippen LogP contribution >= 0.6 is 22.9 Å². The number of anilines is 1. The quantitative estimate of drug-likeness (QED) is 0.667. The van der Waals surface area contributed by atoms with Crippen LogP contribution in [-0.2, 0) is 0 Å². The van der Waals surface area contributed by atoms with Crippen LogP contribution in [0.5, 0.6) is 0 Å². The minimum Gasteiger partial charge on any atom is -0.320 e. The molecule has 0 saturated carbocycles. The van der Waals surface area contributed by atoms with Gasteiger partial charge in [0.1, 0.15) is 11.6 Å². The van der Waals surface area contributed by atoms with Crippen LogP contribution in [0.15, 0.2) is 35.7 Å². The van der Waals surface area contributed by atoms with E-state index >= 15 is 0 Å². The van der Waals surface area contributed by atoms with Gasteiger partial charge in [0, 0.05) is 15.5 Å². The standard InChI is InChI=1S/C16H10ClF2NOS/c1-8-4-12(17)14(6-13(8)19)20-16(21)11-7-22-15-3-2-9(18)5-10(11)15/h2-7H,1H3,(H,20,21). The van der Waals surface area contributed by atoms with Crippen molar-refractivity contribution >= 4 is 44.6 Å². The highest BCUT2D eigenvalue weighted by atomic mass is 35.5. The van der Waals surface area contributed by atoms with Crippen LogP contribution in [0.25, 0.3) is 10.1 Å². The number of hydrogen-bond acceptors (Lipinski definition) is 2. The fraction of sp³-hybridized carbons (Fsp3) is 0.0625. The number of thiophene rings is 1. The first-order valence-corrected chi connectivity index (χ1v) is 7.65. The van der Waals surface area contributed by atoms with E-state index in [0.29, 0.717) is 16.5 Å². The summed E-state index contributed by atoms with van der Waals surface area (Å²) in [4.78, 5) is 12.3. The van der Waals surface area contributed by atoms with Gasteiger partial charge in [0.15, 0.2) is 0 Å². The summed E-state index contributed by atoms with van der Waals surface area (Å²) in [5, 5.41) is 4.97. The molecule has 0 aliphatic heterocycles. The van der Waals surface area contributed by atoms with E-state index in [1.165, 1.54) is 35.6 Å². The summed E-state index contributed by atoms with van der Waals surface area (Å²) in [6.45, 7) is 1.59. The molecule has 2 nitrogen and oxygen atoms in total. The highest BCUT2D eigenvalue weighted by molar-refractivity contribution is 7.17. The van der Waals surface area contributed by atoms with Gasteiger partial charge in [0.05, 0.1) is 16.3 Å². The molecule has 0 fully saturated rings. The van der Waals surface area contributed by atoms with Crippen molar-refractivity contribution in [2.45, 2.75) is 6.92 Å². The third kappa shape index (κ3) is 2.69. The SMILES string of the molecule is Cc1cc(Cl)c(NC(=O)c2csc3ccc(F)cc23)cc1F. The third-order valence-electron chi connectivity index (χ3n) is 3.28. The lowest BCUT2D eigenvalue weighted by molar-refractivity contribution is 0.102. The van der Waals surface area contributed by atoms with Crippen LogP contribution in [-0.4, -0.2) is 5.91 Å². The Bertz CT molecular complexity index is 891. The zero-order valence-corrected chi connectivity index (χ0v) is 13.0. The number of hydrogen-bond donors (Lipinski definition) is 1. The van der Waals surface area contributed by atoms with E-state index in [9.17, 15) is 13.6 Å². The van der Waals surface area contributed by atoms with E-state index in [0.717, 1.165) is 4.70 Å². The maximum Gasteiger partial charge on any atom is 0.257 e. The molecular weight excluding hydrogens is 328 g/mol. The number of aryl methyl sites for hydroxylation is 1. The number of amides is 1. The van der Waals surface area contributed by atoms with Crippen molar-refractivity contribution in [3.63, 3.8) is 0 Å². The molecule has 0 radical (unpaired) electrons. The highest BCUT2D eigenvalue weighted by Gasteiger charge is 2.15. The summed E-state index contributed by atoms with van der Waals surface area (Å²) in [6.07, 6.45) is 0. The fourth-order valence-corrected chi connectivity index (χ4v) is 3.30. The van der Waals surface area contributed by atoms with Gasteiger partial charge in [-0.2, -0.15) is 0 Å². The van der Waals surface area contributed by atoms with E-state index < -0.39 is 17.5 Å². The van der Waals surface area contributed by atoms with Gasteiger partial charge in [0.2, 0.25) is 0 Å². The van der Waals surface area contributed by atoms with Crippen LogP contribution in [0, 0.1) is 18.6 Å². The second-order valence-electron chi connectivity index (χ2n) is 4.83. The largest absolute Gasteiger partial charge is 0.320 e. The smallest absolute Gasteiger partial charge is 0.257 e. The summed E-state index contributed by atoms with van der Waals surface area (Å²) in [6, 6.07) is 6.87. The Balaban J connectivity index is 1.97. The van der Waals surface area contributed by atoms with Crippen molar-refractivity contribution in [2.75, 3.05) is 5.32 Å². The molecule has 1 heterocycles. The van der Waals surface area contributed by atoms with Gasteiger partial charge >= 0.3 is 0 Å². The molecule has 112 valence electrons. The number of benzene rings is 2. The molecule has 3 aromatic rings. The number of fused-ring (bicyclic) bond motifs is 1. The number of rotatable bonds is 2. The summed E-state index contributed by atoms with van der Waals surface area (Å²) >= 11 is 7.35. The van der Waals surface area contributed by atoms with Crippen LogP contribution in [0.1, 0.15) is 15.9 Å². The molecule has 1 N–H and O–H groups in total. The van der Waals surface area contributed by atoms with Crippen molar-refractivity contribution in [3.05, 3.63) is 63.5 Å². The predicted octanol–water partition coefficient (Wildman–Crippen LogP) is 5.39. The monoisotopic (exact) mass is 337 g/mol. The Labute approximate surface area is 134 Å². The highest BCUT2D eigenvalue weighted by Crippen LogP contribution is 2.29. The molecule has 0 unspecified atom stereocenters. The molecule has 0 aliphatic rings. The fourth-order valence-electron chi connectivity index (χ4n) is 2.11. The molecule has 22 heavy (non-hydrogen) atoms. The van der Waals surface area contributed by atoms with Crippen molar-refractivity contribution in [1.82, 2.24) is 0 Å². The molecule has 0 bridgehead atoms. The first-order chi connectivity index (χ1) is 10.5. The second-order valence-corrected chi connectivity index (χ2v) is 6.14. The van der Waals surface area contributed by atoms with E-state index in [1.807, 2.05) is 0 Å². The Morgan fingerprint density at radius 3 is 2.77 bits per heavy atom. The van der Waals surface area contributed by atoms with Gasteiger partial charge in [-0.1, -0.05) is 11.6 Å². The summed E-state index contributed by atoms with van der Waals surface area (Å²) in [5.74, 6) is -1.33. The lowest BCUT2D eigenvalue weighted by atomic mass is 10.1. The molecule has 6 heteroatoms. The zero-order chi connectivity index (χ0) is 15.9. The molecule has 0 spiro atoms. The Hall–Kier alpha value is -1.98. The molecule has 1 aromatic heterocycles. The van der Waals surface area contributed by atoms with E-state index in [4.69, 9.17) is 11.6 Å². The Morgan fingerprint density at radius 1 is 1.23 bits per heavy atom. The van der Waals surface area contributed by atoms with Gasteiger partial charge in [-0.15, -0.1) is 11.3 Å². The van der Waals surface area contributed by atoms with Crippen LogP contribution in [0.2, 0.25) is 5.02 Å². The van der Waals surface area contributed by atoms with Crippen LogP contribution < -0.4 is 5.32 Å². The summed E-state index contributed by atoms with van der Waals surface area (Å²) in [5.41, 5.74) is 0.910. The number of carbonyl (C=O) groups is 1. The third-order valence-corrected chi connectivity index (χ3v) is 4.55. The van der Waals surface area contributed by atoms with Crippen molar-refractivity contribution < 1.29 is 13.6 Å². The van der Waals surface area contributed by atoms with E-state index in [1.54, 1.807) is 18.4 Å². The van der Waals surface area contributed by atoms with Crippen LogP contribution in [0.4, 0.5) is 14.5 Å².